The molecule has 11 rings (SSSR count). The van der Waals surface area contributed by atoms with Gasteiger partial charge in [0.25, 0.3) is 0 Å². The maximum absolute atomic E-state index is 5.14. The summed E-state index contributed by atoms with van der Waals surface area (Å²) in [5.41, 5.74) is 19.5. The molecule has 2 heterocycles. The lowest BCUT2D eigenvalue weighted by molar-refractivity contribution is 0.794. The van der Waals surface area contributed by atoms with Gasteiger partial charge in [-0.3, -0.25) is 4.98 Å². The molecule has 3 heteroatoms. The Morgan fingerprint density at radius 2 is 1.02 bits per heavy atom. The van der Waals surface area contributed by atoms with Gasteiger partial charge in [0, 0.05) is 22.9 Å². The Balaban J connectivity index is 1.14. The molecule has 3 nitrogen and oxygen atoms in total. The lowest BCUT2D eigenvalue weighted by Gasteiger charge is -2.31. The van der Waals surface area contributed by atoms with Crippen LogP contribution in [0, 0.1) is 13.8 Å². The van der Waals surface area contributed by atoms with Gasteiger partial charge < -0.3 is 0 Å². The highest BCUT2D eigenvalue weighted by Gasteiger charge is 2.52. The Labute approximate surface area is 320 Å². The Hall–Kier alpha value is -6.97. The summed E-state index contributed by atoms with van der Waals surface area (Å²) in [4.78, 5) is 14.9. The highest BCUT2D eigenvalue weighted by molar-refractivity contribution is 6.01. The molecule has 2 aliphatic carbocycles. The number of hydrogen-bond acceptors (Lipinski definition) is 3. The summed E-state index contributed by atoms with van der Waals surface area (Å²) in [5.74, 6) is 0.753. The molecule has 2 aromatic heterocycles. The number of hydrogen-bond donors (Lipinski definition) is 0. The Morgan fingerprint density at radius 3 is 1.87 bits per heavy atom. The van der Waals surface area contributed by atoms with E-state index in [4.69, 9.17) is 15.0 Å². The van der Waals surface area contributed by atoms with Crippen molar-refractivity contribution in [3.63, 3.8) is 0 Å². The van der Waals surface area contributed by atoms with E-state index in [1.807, 2.05) is 13.1 Å². The van der Waals surface area contributed by atoms with Gasteiger partial charge in [0.1, 0.15) is 5.82 Å². The maximum atomic E-state index is 5.14. The summed E-state index contributed by atoms with van der Waals surface area (Å²) >= 11 is 0. The summed E-state index contributed by atoms with van der Waals surface area (Å²) in [6.07, 6.45) is 1.94. The topological polar surface area (TPSA) is 38.7 Å². The molecule has 0 saturated heterocycles. The summed E-state index contributed by atoms with van der Waals surface area (Å²) in [7, 11) is 0. The van der Waals surface area contributed by atoms with Crippen LogP contribution >= 0.6 is 0 Å². The van der Waals surface area contributed by atoms with Gasteiger partial charge in [-0.05, 0) is 110 Å². The van der Waals surface area contributed by atoms with Gasteiger partial charge in [-0.1, -0.05) is 146 Å². The van der Waals surface area contributed by atoms with Gasteiger partial charge in [-0.15, -0.1) is 0 Å². The number of nitrogens with zero attached hydrogens (tertiary/aromatic N) is 3. The first-order valence-corrected chi connectivity index (χ1v) is 18.9. The average Bonchev–Trinajstić information content (AvgIpc) is 3.71. The fraction of sp³-hybridized carbons (Fsp3) is 0.0577. The average molecular weight is 702 g/mol. The van der Waals surface area contributed by atoms with Gasteiger partial charge >= 0.3 is 0 Å². The number of benzene rings is 7. The van der Waals surface area contributed by atoms with Crippen molar-refractivity contribution in [1.82, 2.24) is 15.0 Å². The van der Waals surface area contributed by atoms with Gasteiger partial charge in [-0.2, -0.15) is 0 Å². The van der Waals surface area contributed by atoms with Crippen LogP contribution in [0.1, 0.15) is 33.6 Å². The third-order valence-corrected chi connectivity index (χ3v) is 11.7. The smallest absolute Gasteiger partial charge is 0.126 e. The van der Waals surface area contributed by atoms with Crippen LogP contribution in [0.15, 0.2) is 176 Å². The molecule has 0 bridgehead atoms. The first-order chi connectivity index (χ1) is 27.1. The van der Waals surface area contributed by atoms with E-state index in [9.17, 15) is 0 Å². The van der Waals surface area contributed by atoms with E-state index in [1.54, 1.807) is 0 Å². The van der Waals surface area contributed by atoms with Crippen LogP contribution in [0.25, 0.3) is 77.9 Å². The Kier molecular flexibility index (Phi) is 6.90. The number of aryl methyl sites for hydroxylation is 2. The van der Waals surface area contributed by atoms with Crippen LogP contribution in [0.3, 0.4) is 0 Å². The normalized spacial score (nSPS) is 14.8. The van der Waals surface area contributed by atoms with Crippen molar-refractivity contribution in [1.29, 1.82) is 0 Å². The fourth-order valence-corrected chi connectivity index (χ4v) is 9.37. The second-order valence-electron chi connectivity index (χ2n) is 14.8. The van der Waals surface area contributed by atoms with Crippen molar-refractivity contribution in [2.24, 2.45) is 0 Å². The van der Waals surface area contributed by atoms with E-state index in [0.29, 0.717) is 0 Å². The van der Waals surface area contributed by atoms with Crippen molar-refractivity contribution in [2.45, 2.75) is 19.3 Å². The summed E-state index contributed by atoms with van der Waals surface area (Å²) < 4.78 is 0. The molecule has 0 aliphatic heterocycles. The molecule has 2 aliphatic rings. The maximum Gasteiger partial charge on any atom is 0.126 e. The van der Waals surface area contributed by atoms with Gasteiger partial charge in [-0.25, -0.2) is 9.97 Å². The minimum absolute atomic E-state index is 0.499. The molecule has 0 radical (unpaired) electrons. The largest absolute Gasteiger partial charge is 0.256 e. The van der Waals surface area contributed by atoms with Crippen molar-refractivity contribution < 1.29 is 0 Å². The summed E-state index contributed by atoms with van der Waals surface area (Å²) in [5, 5.41) is 2.39. The number of fused-ring (bicyclic) bond motifs is 11. The molecule has 1 unspecified atom stereocenters. The summed E-state index contributed by atoms with van der Waals surface area (Å²) in [6.45, 7) is 4.08. The van der Waals surface area contributed by atoms with E-state index in [0.717, 1.165) is 45.2 Å². The first kappa shape index (κ1) is 31.5. The summed E-state index contributed by atoms with van der Waals surface area (Å²) in [6, 6.07) is 62.1. The molecule has 7 aromatic carbocycles. The minimum Gasteiger partial charge on any atom is -0.256 e. The van der Waals surface area contributed by atoms with Gasteiger partial charge in [0.15, 0.2) is 0 Å². The quantitative estimate of drug-likeness (QED) is 0.183. The minimum atomic E-state index is -0.499. The number of aromatic nitrogens is 3. The van der Waals surface area contributed by atoms with Crippen LogP contribution in [0.4, 0.5) is 0 Å². The molecular formula is C52H35N3. The van der Waals surface area contributed by atoms with E-state index in [2.05, 4.69) is 177 Å². The van der Waals surface area contributed by atoms with Gasteiger partial charge in [0.2, 0.25) is 0 Å². The third-order valence-electron chi connectivity index (χ3n) is 11.7. The molecule has 0 saturated carbocycles. The van der Waals surface area contributed by atoms with E-state index >= 15 is 0 Å². The SMILES string of the molecule is Cc1ccc(-c2cccc(-c3ccc4c(c3)C3(c5ccccc5-4)c4ccccc4-c4c(-c5cc(-c6cccc7ccccc67)nc(C)n5)cccc43)c2)nc1. The van der Waals surface area contributed by atoms with Crippen molar-refractivity contribution in [2.75, 3.05) is 0 Å². The molecule has 9 aromatic rings. The van der Waals surface area contributed by atoms with Crippen LogP contribution < -0.4 is 0 Å². The second-order valence-corrected chi connectivity index (χ2v) is 14.8. The lowest BCUT2D eigenvalue weighted by atomic mass is 9.70. The van der Waals surface area contributed by atoms with Crippen molar-refractivity contribution >= 4 is 10.8 Å². The Bertz CT molecular complexity index is 3010. The zero-order chi connectivity index (χ0) is 36.7. The zero-order valence-electron chi connectivity index (χ0n) is 30.6. The van der Waals surface area contributed by atoms with E-state index < -0.39 is 5.41 Å². The van der Waals surface area contributed by atoms with Crippen LogP contribution in [-0.4, -0.2) is 15.0 Å². The van der Waals surface area contributed by atoms with Crippen molar-refractivity contribution in [3.05, 3.63) is 210 Å². The van der Waals surface area contributed by atoms with Crippen LogP contribution in [0.5, 0.6) is 0 Å². The second kappa shape index (κ2) is 12.0. The molecular weight excluding hydrogens is 667 g/mol. The van der Waals surface area contributed by atoms with E-state index in [1.165, 1.54) is 66.4 Å². The number of rotatable bonds is 4. The zero-order valence-corrected chi connectivity index (χ0v) is 30.6. The molecule has 1 atom stereocenters. The van der Waals surface area contributed by atoms with Gasteiger partial charge in [0.05, 0.1) is 22.5 Å². The van der Waals surface area contributed by atoms with Crippen LogP contribution in [-0.2, 0) is 5.41 Å². The monoisotopic (exact) mass is 701 g/mol. The Morgan fingerprint density at radius 1 is 0.400 bits per heavy atom. The lowest BCUT2D eigenvalue weighted by Crippen LogP contribution is -2.25. The highest BCUT2D eigenvalue weighted by atomic mass is 14.9. The standard InChI is InChI=1S/C52H35N3/c1-32-24-27-48(53-31-32)37-15-9-14-35(28-37)36-25-26-40-39-17-5-7-21-44(39)52(47(40)29-36)45-22-8-6-18-42(45)51-43(20-11-23-46(51)52)50-30-49(54-33(2)55-50)41-19-10-13-34-12-3-4-16-38(34)41/h3-31H,1-2H3. The number of pyridine rings is 1. The predicted octanol–water partition coefficient (Wildman–Crippen LogP) is 12.7. The van der Waals surface area contributed by atoms with E-state index in [-0.39, 0.29) is 0 Å². The molecule has 0 amide bonds. The third kappa shape index (κ3) is 4.66. The van der Waals surface area contributed by atoms with Crippen LogP contribution in [0.2, 0.25) is 0 Å². The molecule has 0 N–H and O–H groups in total. The highest BCUT2D eigenvalue weighted by Crippen LogP contribution is 2.64. The molecule has 1 spiro atoms. The molecule has 55 heavy (non-hydrogen) atoms. The fourth-order valence-electron chi connectivity index (χ4n) is 9.37. The molecule has 258 valence electrons. The first-order valence-electron chi connectivity index (χ1n) is 18.9. The molecule has 0 fully saturated rings. The predicted molar refractivity (Wildman–Crippen MR) is 225 cm³/mol. The van der Waals surface area contributed by atoms with Crippen molar-refractivity contribution in [3.8, 4) is 67.2 Å².